The molecule has 1 atom stereocenters. The molecular formula is C19H31ClN2O4S. The van der Waals surface area contributed by atoms with E-state index in [1.54, 1.807) is 0 Å². The van der Waals surface area contributed by atoms with Gasteiger partial charge in [0.25, 0.3) is 0 Å². The summed E-state index contributed by atoms with van der Waals surface area (Å²) in [4.78, 5) is 12.8. The molecule has 2 rings (SSSR count). The quantitative estimate of drug-likeness (QED) is 0.710. The van der Waals surface area contributed by atoms with Crippen molar-refractivity contribution in [1.29, 1.82) is 0 Å². The molecule has 1 aliphatic rings. The largest absolute Gasteiger partial charge is 0.490 e. The molecule has 1 saturated heterocycles. The number of halogens is 1. The number of piperidine rings is 1. The maximum atomic E-state index is 12.8. The summed E-state index contributed by atoms with van der Waals surface area (Å²) in [5.41, 5.74) is 1.92. The van der Waals surface area contributed by atoms with Crippen LogP contribution in [0.25, 0.3) is 0 Å². The third kappa shape index (κ3) is 5.59. The minimum Gasteiger partial charge on any atom is -0.490 e. The van der Waals surface area contributed by atoms with Crippen LogP contribution in [0.5, 0.6) is 5.75 Å². The molecular weight excluding hydrogens is 388 g/mol. The minimum atomic E-state index is -3.51. The molecule has 1 unspecified atom stereocenters. The van der Waals surface area contributed by atoms with Crippen LogP contribution in [-0.2, 0) is 21.2 Å². The monoisotopic (exact) mass is 418 g/mol. The summed E-state index contributed by atoms with van der Waals surface area (Å²) in [5.74, 6) is 0.315. The number of hydrogen-bond acceptors (Lipinski definition) is 5. The van der Waals surface area contributed by atoms with Crippen LogP contribution < -0.4 is 15.4 Å². The van der Waals surface area contributed by atoms with Crippen LogP contribution in [0.1, 0.15) is 44.2 Å². The zero-order valence-corrected chi connectivity index (χ0v) is 18.1. The van der Waals surface area contributed by atoms with Gasteiger partial charge in [-0.15, -0.1) is 12.4 Å². The summed E-state index contributed by atoms with van der Waals surface area (Å²) >= 11 is 0. The Kier molecular flexibility index (Phi) is 8.57. The third-order valence-electron chi connectivity index (χ3n) is 5.10. The molecule has 0 bridgehead atoms. The van der Waals surface area contributed by atoms with Crippen LogP contribution in [0.15, 0.2) is 18.2 Å². The van der Waals surface area contributed by atoms with Crippen LogP contribution in [0.4, 0.5) is 0 Å². The van der Waals surface area contributed by atoms with Gasteiger partial charge in [0.1, 0.15) is 5.75 Å². The summed E-state index contributed by atoms with van der Waals surface area (Å²) in [6.45, 7) is 7.32. The summed E-state index contributed by atoms with van der Waals surface area (Å²) in [7, 11) is -3.51. The van der Waals surface area contributed by atoms with E-state index in [0.717, 1.165) is 29.6 Å². The Labute approximate surface area is 168 Å². The number of carbonyl (C=O) groups is 1. The lowest BCUT2D eigenvalue weighted by Crippen LogP contribution is -2.57. The second-order valence-corrected chi connectivity index (χ2v) is 9.47. The first kappa shape index (κ1) is 23.7. The average molecular weight is 419 g/mol. The van der Waals surface area contributed by atoms with Gasteiger partial charge in [-0.2, -0.15) is 0 Å². The Morgan fingerprint density at radius 3 is 2.52 bits per heavy atom. The van der Waals surface area contributed by atoms with Crippen molar-refractivity contribution in [2.75, 3.05) is 19.3 Å². The topological polar surface area (TPSA) is 84.5 Å². The van der Waals surface area contributed by atoms with Crippen LogP contribution in [0, 0.1) is 6.92 Å². The first-order valence-corrected chi connectivity index (χ1v) is 11.0. The lowest BCUT2D eigenvalue weighted by molar-refractivity contribution is -0.124. The van der Waals surface area contributed by atoms with Gasteiger partial charge in [-0.3, -0.25) is 4.79 Å². The molecule has 2 N–H and O–H groups in total. The molecule has 6 nitrogen and oxygen atoms in total. The van der Waals surface area contributed by atoms with Gasteiger partial charge in [-0.1, -0.05) is 19.1 Å². The molecule has 0 aliphatic carbocycles. The van der Waals surface area contributed by atoms with E-state index in [1.165, 1.54) is 0 Å². The predicted molar refractivity (Wildman–Crippen MR) is 110 cm³/mol. The highest BCUT2D eigenvalue weighted by molar-refractivity contribution is 7.92. The van der Waals surface area contributed by atoms with Gasteiger partial charge in [0.2, 0.25) is 5.91 Å². The molecule has 0 spiro atoms. The van der Waals surface area contributed by atoms with Crippen molar-refractivity contribution in [3.05, 3.63) is 29.3 Å². The number of sulfone groups is 1. The standard InChI is InChI=1S/C19H30N2O4S.ClH/c1-5-15(3)25-17-12-14(2)6-7-16(17)13-21-18(22)19(26(4,23)24)8-10-20-11-9-19;/h6-7,12,15,20H,5,8-11,13H2,1-4H3,(H,21,22);1H. The molecule has 0 aromatic heterocycles. The average Bonchev–Trinajstić information content (AvgIpc) is 2.60. The van der Waals surface area contributed by atoms with E-state index < -0.39 is 20.5 Å². The van der Waals surface area contributed by atoms with Gasteiger partial charge >= 0.3 is 0 Å². The van der Waals surface area contributed by atoms with Gasteiger partial charge < -0.3 is 15.4 Å². The fraction of sp³-hybridized carbons (Fsp3) is 0.632. The Morgan fingerprint density at radius 2 is 1.96 bits per heavy atom. The van der Waals surface area contributed by atoms with Crippen molar-refractivity contribution in [1.82, 2.24) is 10.6 Å². The second-order valence-electron chi connectivity index (χ2n) is 7.15. The Balaban J connectivity index is 0.00000364. The first-order chi connectivity index (χ1) is 12.2. The van der Waals surface area contributed by atoms with Crippen molar-refractivity contribution in [3.63, 3.8) is 0 Å². The normalized spacial score (nSPS) is 17.5. The van der Waals surface area contributed by atoms with Gasteiger partial charge in [0, 0.05) is 18.4 Å². The van der Waals surface area contributed by atoms with Gasteiger partial charge in [0.05, 0.1) is 6.10 Å². The number of benzene rings is 1. The highest BCUT2D eigenvalue weighted by atomic mass is 35.5. The summed E-state index contributed by atoms with van der Waals surface area (Å²) < 4.78 is 29.3. The van der Waals surface area contributed by atoms with Crippen LogP contribution in [-0.4, -0.2) is 44.5 Å². The van der Waals surface area contributed by atoms with Crippen molar-refractivity contribution in [3.8, 4) is 5.75 Å². The van der Waals surface area contributed by atoms with E-state index in [1.807, 2.05) is 32.0 Å². The summed E-state index contributed by atoms with van der Waals surface area (Å²) in [5, 5.41) is 5.96. The molecule has 1 aromatic rings. The van der Waals surface area contributed by atoms with E-state index in [9.17, 15) is 13.2 Å². The summed E-state index contributed by atoms with van der Waals surface area (Å²) in [6.07, 6.45) is 2.69. The van der Waals surface area contributed by atoms with Crippen molar-refractivity contribution in [2.45, 2.75) is 57.4 Å². The van der Waals surface area contributed by atoms with Gasteiger partial charge in [-0.05, 0) is 57.8 Å². The number of rotatable bonds is 7. The minimum absolute atomic E-state index is 0. The van der Waals surface area contributed by atoms with Crippen molar-refractivity contribution >= 4 is 28.2 Å². The highest BCUT2D eigenvalue weighted by Crippen LogP contribution is 2.29. The number of ether oxygens (including phenoxy) is 1. The SMILES string of the molecule is CCC(C)Oc1cc(C)ccc1CNC(=O)C1(S(C)(=O)=O)CCNCC1.Cl. The van der Waals surface area contributed by atoms with E-state index >= 15 is 0 Å². The maximum absolute atomic E-state index is 12.8. The maximum Gasteiger partial charge on any atom is 0.241 e. The van der Waals surface area contributed by atoms with E-state index in [4.69, 9.17) is 4.74 Å². The Bertz CT molecular complexity index is 746. The molecule has 1 aromatic carbocycles. The van der Waals surface area contributed by atoms with Gasteiger partial charge in [0.15, 0.2) is 14.6 Å². The fourth-order valence-electron chi connectivity index (χ4n) is 3.15. The molecule has 8 heteroatoms. The smallest absolute Gasteiger partial charge is 0.241 e. The van der Waals surface area contributed by atoms with Crippen molar-refractivity contribution < 1.29 is 17.9 Å². The Morgan fingerprint density at radius 1 is 1.33 bits per heavy atom. The number of nitrogens with one attached hydrogen (secondary N) is 2. The van der Waals surface area contributed by atoms with Crippen LogP contribution in [0.2, 0.25) is 0 Å². The number of hydrogen-bond donors (Lipinski definition) is 2. The zero-order chi connectivity index (χ0) is 19.4. The molecule has 154 valence electrons. The number of amides is 1. The molecule has 1 fully saturated rings. The highest BCUT2D eigenvalue weighted by Gasteiger charge is 2.48. The molecule has 1 aliphatic heterocycles. The lowest BCUT2D eigenvalue weighted by atomic mass is 9.95. The molecule has 1 amide bonds. The van der Waals surface area contributed by atoms with Crippen LogP contribution in [0.3, 0.4) is 0 Å². The predicted octanol–water partition coefficient (Wildman–Crippen LogP) is 2.38. The number of carbonyl (C=O) groups excluding carboxylic acids is 1. The zero-order valence-electron chi connectivity index (χ0n) is 16.5. The molecule has 0 saturated carbocycles. The van der Waals surface area contributed by atoms with Gasteiger partial charge in [-0.25, -0.2) is 8.42 Å². The lowest BCUT2D eigenvalue weighted by Gasteiger charge is -2.34. The number of aryl methyl sites for hydroxylation is 1. The Hall–Kier alpha value is -1.31. The van der Waals surface area contributed by atoms with E-state index in [0.29, 0.717) is 25.9 Å². The second kappa shape index (κ2) is 9.75. The summed E-state index contributed by atoms with van der Waals surface area (Å²) in [6, 6.07) is 5.83. The first-order valence-electron chi connectivity index (χ1n) is 9.14. The van der Waals surface area contributed by atoms with Crippen molar-refractivity contribution in [2.24, 2.45) is 0 Å². The molecule has 27 heavy (non-hydrogen) atoms. The molecule has 0 radical (unpaired) electrons. The molecule has 1 heterocycles. The van der Waals surface area contributed by atoms with Crippen LogP contribution >= 0.6 is 12.4 Å². The van der Waals surface area contributed by atoms with E-state index in [2.05, 4.69) is 17.6 Å². The van der Waals surface area contributed by atoms with E-state index in [-0.39, 0.29) is 25.1 Å². The third-order valence-corrected chi connectivity index (χ3v) is 7.11. The fourth-order valence-corrected chi connectivity index (χ4v) is 4.51.